The summed E-state index contributed by atoms with van der Waals surface area (Å²) in [6.45, 7) is 0. The van der Waals surface area contributed by atoms with Gasteiger partial charge in [0.1, 0.15) is 5.02 Å². The minimum Gasteiger partial charge on any atom is -0.502 e. The molecule has 1 aromatic heterocycles. The molecule has 19 heavy (non-hydrogen) atoms. The number of aromatic hydroxyl groups is 1. The molecule has 0 aliphatic heterocycles. The zero-order valence-corrected chi connectivity index (χ0v) is 10.3. The van der Waals surface area contributed by atoms with Gasteiger partial charge in [-0.2, -0.15) is 0 Å². The first-order valence-corrected chi connectivity index (χ1v) is 5.81. The molecule has 1 N–H and O–H groups in total. The summed E-state index contributed by atoms with van der Waals surface area (Å²) in [4.78, 5) is 14.5. The molecule has 94 valence electrons. The maximum atomic E-state index is 10.9. The number of pyridine rings is 1. The number of phenolic OH excluding ortho intramolecular Hbond substituents is 1. The van der Waals surface area contributed by atoms with Gasteiger partial charge in [0.25, 0.3) is 0 Å². The first-order chi connectivity index (χ1) is 9.08. The Morgan fingerprint density at radius 2 is 1.95 bits per heavy atom. The molecule has 0 aliphatic rings. The molecule has 0 spiro atoms. The third-order valence-electron chi connectivity index (χ3n) is 2.91. The van der Waals surface area contributed by atoms with Gasteiger partial charge in [0.2, 0.25) is 5.75 Å². The Bertz CT molecular complexity index is 833. The highest BCUT2D eigenvalue weighted by atomic mass is 35.5. The number of nitro benzene ring substituents is 1. The topological polar surface area (TPSA) is 76.3 Å². The quantitative estimate of drug-likeness (QED) is 0.417. The van der Waals surface area contributed by atoms with Crippen molar-refractivity contribution < 1.29 is 10.0 Å². The van der Waals surface area contributed by atoms with Crippen molar-refractivity contribution in [2.45, 2.75) is 0 Å². The third-order valence-corrected chi connectivity index (χ3v) is 3.19. The maximum absolute atomic E-state index is 10.9. The second kappa shape index (κ2) is 4.07. The van der Waals surface area contributed by atoms with Crippen molar-refractivity contribution in [3.8, 4) is 5.75 Å². The number of rotatable bonds is 1. The fourth-order valence-corrected chi connectivity index (χ4v) is 2.30. The van der Waals surface area contributed by atoms with Crippen LogP contribution in [0.1, 0.15) is 0 Å². The number of benzene rings is 2. The molecule has 3 rings (SSSR count). The number of para-hydroxylation sites is 1. The Balaban J connectivity index is 2.48. The fourth-order valence-electron chi connectivity index (χ4n) is 2.03. The molecule has 0 fully saturated rings. The van der Waals surface area contributed by atoms with E-state index in [-0.39, 0.29) is 5.02 Å². The molecule has 1 heterocycles. The predicted molar refractivity (Wildman–Crippen MR) is 72.6 cm³/mol. The first-order valence-electron chi connectivity index (χ1n) is 5.43. The summed E-state index contributed by atoms with van der Waals surface area (Å²) in [5.74, 6) is -0.453. The van der Waals surface area contributed by atoms with Crippen molar-refractivity contribution in [2.75, 3.05) is 0 Å². The molecule has 0 unspecified atom stereocenters. The summed E-state index contributed by atoms with van der Waals surface area (Å²) in [5, 5.41) is 21.9. The second-order valence-corrected chi connectivity index (χ2v) is 4.47. The lowest BCUT2D eigenvalue weighted by Crippen LogP contribution is -1.92. The molecule has 0 saturated heterocycles. The summed E-state index contributed by atoms with van der Waals surface area (Å²) in [5.41, 5.74) is 0.664. The Hall–Kier alpha value is -2.40. The lowest BCUT2D eigenvalue weighted by molar-refractivity contribution is -0.385. The van der Waals surface area contributed by atoms with Crippen LogP contribution < -0.4 is 0 Å². The Kier molecular flexibility index (Phi) is 2.50. The zero-order valence-electron chi connectivity index (χ0n) is 9.50. The van der Waals surface area contributed by atoms with E-state index in [4.69, 9.17) is 11.6 Å². The van der Waals surface area contributed by atoms with E-state index in [2.05, 4.69) is 4.98 Å². The van der Waals surface area contributed by atoms with E-state index in [0.717, 1.165) is 10.9 Å². The smallest absolute Gasteiger partial charge is 0.329 e. The van der Waals surface area contributed by atoms with Crippen LogP contribution in [0.2, 0.25) is 5.02 Å². The number of nitro groups is 1. The van der Waals surface area contributed by atoms with Gasteiger partial charge in [0, 0.05) is 5.39 Å². The largest absolute Gasteiger partial charge is 0.502 e. The van der Waals surface area contributed by atoms with Crippen LogP contribution in [0.15, 0.2) is 36.4 Å². The first kappa shape index (κ1) is 11.7. The fraction of sp³-hybridized carbons (Fsp3) is 0. The molecule has 3 aromatic rings. The number of phenols is 1. The molecule has 5 nitrogen and oxygen atoms in total. The molecular formula is C13H7ClN2O3. The molecule has 0 atom stereocenters. The molecule has 0 radical (unpaired) electrons. The number of nitrogens with zero attached hydrogens (tertiary/aromatic N) is 2. The van der Waals surface area contributed by atoms with Crippen LogP contribution in [0.4, 0.5) is 5.69 Å². The molecule has 0 saturated carbocycles. The molecule has 6 heteroatoms. The van der Waals surface area contributed by atoms with Crippen LogP contribution in [0.3, 0.4) is 0 Å². The van der Waals surface area contributed by atoms with Gasteiger partial charge in [-0.3, -0.25) is 10.1 Å². The molecule has 2 aromatic carbocycles. The minimum atomic E-state index is -0.702. The predicted octanol–water partition coefficient (Wildman–Crippen LogP) is 3.66. The minimum absolute atomic E-state index is 0.127. The number of hydrogen-bond acceptors (Lipinski definition) is 4. The van der Waals surface area contributed by atoms with E-state index >= 15 is 0 Å². The lowest BCUT2D eigenvalue weighted by Gasteiger charge is -2.05. The number of fused-ring (bicyclic) bond motifs is 2. The summed E-state index contributed by atoms with van der Waals surface area (Å²) in [6.07, 6.45) is 0. The van der Waals surface area contributed by atoms with Crippen molar-refractivity contribution in [2.24, 2.45) is 0 Å². The van der Waals surface area contributed by atoms with Crippen LogP contribution in [-0.4, -0.2) is 15.0 Å². The van der Waals surface area contributed by atoms with Crippen molar-refractivity contribution in [3.63, 3.8) is 0 Å². The van der Waals surface area contributed by atoms with Gasteiger partial charge in [-0.15, -0.1) is 0 Å². The standard InChI is InChI=1S/C13H7ClN2O3/c14-9-6-11-8(13(17)12(9)16(18)19)5-7-3-1-2-4-10(7)15-11/h1-6,17H. The highest BCUT2D eigenvalue weighted by molar-refractivity contribution is 6.34. The molecule has 0 amide bonds. The van der Waals surface area contributed by atoms with E-state index in [0.29, 0.717) is 10.9 Å². The van der Waals surface area contributed by atoms with Gasteiger partial charge in [0.15, 0.2) is 0 Å². The summed E-state index contributed by atoms with van der Waals surface area (Å²) in [6, 6.07) is 10.4. The van der Waals surface area contributed by atoms with Gasteiger partial charge in [0.05, 0.1) is 21.3 Å². The zero-order chi connectivity index (χ0) is 13.6. The van der Waals surface area contributed by atoms with E-state index in [1.807, 2.05) is 24.3 Å². The van der Waals surface area contributed by atoms with Crippen LogP contribution in [0, 0.1) is 10.1 Å². The Morgan fingerprint density at radius 1 is 1.21 bits per heavy atom. The van der Waals surface area contributed by atoms with E-state index < -0.39 is 16.4 Å². The molecule has 0 aliphatic carbocycles. The van der Waals surface area contributed by atoms with E-state index in [1.54, 1.807) is 6.07 Å². The Morgan fingerprint density at radius 3 is 2.68 bits per heavy atom. The van der Waals surface area contributed by atoms with Gasteiger partial charge in [-0.05, 0) is 18.2 Å². The monoisotopic (exact) mass is 274 g/mol. The Labute approximate surface area is 112 Å². The maximum Gasteiger partial charge on any atom is 0.329 e. The highest BCUT2D eigenvalue weighted by Crippen LogP contribution is 2.40. The van der Waals surface area contributed by atoms with Gasteiger partial charge < -0.3 is 5.11 Å². The summed E-state index contributed by atoms with van der Waals surface area (Å²) < 4.78 is 0. The van der Waals surface area contributed by atoms with Crippen molar-refractivity contribution in [1.82, 2.24) is 4.98 Å². The SMILES string of the molecule is O=[N+]([O-])c1c(Cl)cc2nc3ccccc3cc2c1O. The number of aromatic nitrogens is 1. The summed E-state index contributed by atoms with van der Waals surface area (Å²) in [7, 11) is 0. The van der Waals surface area contributed by atoms with Crippen molar-refractivity contribution >= 4 is 39.1 Å². The van der Waals surface area contributed by atoms with Crippen molar-refractivity contribution in [1.29, 1.82) is 0 Å². The normalized spacial score (nSPS) is 11.0. The second-order valence-electron chi connectivity index (χ2n) is 4.06. The van der Waals surface area contributed by atoms with E-state index in [1.165, 1.54) is 6.07 Å². The van der Waals surface area contributed by atoms with E-state index in [9.17, 15) is 15.2 Å². The van der Waals surface area contributed by atoms with Crippen LogP contribution >= 0.6 is 11.6 Å². The van der Waals surface area contributed by atoms with Gasteiger partial charge in [-0.25, -0.2) is 4.98 Å². The highest BCUT2D eigenvalue weighted by Gasteiger charge is 2.22. The van der Waals surface area contributed by atoms with Crippen LogP contribution in [-0.2, 0) is 0 Å². The van der Waals surface area contributed by atoms with Crippen LogP contribution in [0.25, 0.3) is 21.8 Å². The molecule has 0 bridgehead atoms. The van der Waals surface area contributed by atoms with Crippen LogP contribution in [0.5, 0.6) is 5.75 Å². The van der Waals surface area contributed by atoms with Gasteiger partial charge >= 0.3 is 5.69 Å². The third kappa shape index (κ3) is 1.75. The average molecular weight is 275 g/mol. The average Bonchev–Trinajstić information content (AvgIpc) is 2.36. The van der Waals surface area contributed by atoms with Crippen molar-refractivity contribution in [3.05, 3.63) is 51.5 Å². The van der Waals surface area contributed by atoms with Gasteiger partial charge in [-0.1, -0.05) is 29.8 Å². The number of hydrogen-bond donors (Lipinski definition) is 1. The summed E-state index contributed by atoms with van der Waals surface area (Å²) >= 11 is 5.81. The molecular weight excluding hydrogens is 268 g/mol. The number of halogens is 1. The lowest BCUT2D eigenvalue weighted by atomic mass is 10.1.